The Morgan fingerprint density at radius 1 is 0.885 bits per heavy atom. The maximum Gasteiger partial charge on any atom is 0.223 e. The first kappa shape index (κ1) is 17.9. The first-order valence-electron chi connectivity index (χ1n) is 9.01. The van der Waals surface area contributed by atoms with Gasteiger partial charge < -0.3 is 4.90 Å². The van der Waals surface area contributed by atoms with Gasteiger partial charge >= 0.3 is 0 Å². The van der Waals surface area contributed by atoms with E-state index in [4.69, 9.17) is 0 Å². The molecule has 1 fully saturated rings. The van der Waals surface area contributed by atoms with Crippen molar-refractivity contribution in [2.24, 2.45) is 0 Å². The number of ketones is 1. The fourth-order valence-electron chi connectivity index (χ4n) is 3.09. The van der Waals surface area contributed by atoms with Crippen molar-refractivity contribution < 1.29 is 9.59 Å². The summed E-state index contributed by atoms with van der Waals surface area (Å²) >= 11 is 0. The van der Waals surface area contributed by atoms with Gasteiger partial charge in [0.25, 0.3) is 0 Å². The molecule has 26 heavy (non-hydrogen) atoms. The Morgan fingerprint density at radius 3 is 1.77 bits per heavy atom. The molecule has 1 aliphatic rings. The van der Waals surface area contributed by atoms with Gasteiger partial charge in [-0.1, -0.05) is 67.6 Å². The Labute approximate surface area is 154 Å². The first-order chi connectivity index (χ1) is 12.7. The van der Waals surface area contributed by atoms with Crippen LogP contribution in [0.1, 0.15) is 30.9 Å². The highest BCUT2D eigenvalue weighted by Gasteiger charge is 2.28. The van der Waals surface area contributed by atoms with Crippen LogP contribution >= 0.6 is 0 Å². The third-order valence-corrected chi connectivity index (χ3v) is 4.40. The van der Waals surface area contributed by atoms with Crippen molar-refractivity contribution in [1.82, 2.24) is 4.90 Å². The summed E-state index contributed by atoms with van der Waals surface area (Å²) in [6.45, 7) is 2.74. The van der Waals surface area contributed by atoms with E-state index in [9.17, 15) is 9.59 Å². The van der Waals surface area contributed by atoms with Crippen molar-refractivity contribution >= 4 is 23.8 Å². The van der Waals surface area contributed by atoms with Crippen LogP contribution in [0, 0.1) is 0 Å². The van der Waals surface area contributed by atoms with Crippen LogP contribution in [-0.2, 0) is 9.59 Å². The van der Waals surface area contributed by atoms with Gasteiger partial charge in [0.05, 0.1) is 0 Å². The van der Waals surface area contributed by atoms with E-state index in [0.29, 0.717) is 30.7 Å². The zero-order valence-corrected chi connectivity index (χ0v) is 15.0. The minimum Gasteiger partial charge on any atom is -0.334 e. The third kappa shape index (κ3) is 4.37. The predicted molar refractivity (Wildman–Crippen MR) is 105 cm³/mol. The molecule has 1 amide bonds. The number of carbonyl (C=O) groups is 2. The smallest absolute Gasteiger partial charge is 0.223 e. The molecule has 1 aliphatic heterocycles. The van der Waals surface area contributed by atoms with Crippen molar-refractivity contribution in [1.29, 1.82) is 0 Å². The van der Waals surface area contributed by atoms with Gasteiger partial charge in [-0.15, -0.1) is 0 Å². The van der Waals surface area contributed by atoms with Crippen molar-refractivity contribution in [3.05, 3.63) is 82.9 Å². The standard InChI is InChI=1S/C23H23NO2/c1-2-9-22(25)24-16-20(14-18-10-5-3-6-11-18)23(26)21(17-24)15-19-12-7-4-8-13-19/h3-8,10-15H,2,9,16-17H2,1H3/b20-14+,21-15+. The molecule has 0 aromatic heterocycles. The van der Waals surface area contributed by atoms with Crippen LogP contribution in [0.15, 0.2) is 71.8 Å². The van der Waals surface area contributed by atoms with E-state index < -0.39 is 0 Å². The summed E-state index contributed by atoms with van der Waals surface area (Å²) in [4.78, 5) is 27.2. The van der Waals surface area contributed by atoms with Gasteiger partial charge in [-0.25, -0.2) is 0 Å². The minimum absolute atomic E-state index is 0.0262. The quantitative estimate of drug-likeness (QED) is 0.772. The number of amides is 1. The molecule has 0 radical (unpaired) electrons. The fraction of sp³-hybridized carbons (Fsp3) is 0.217. The molecule has 3 rings (SSSR count). The van der Waals surface area contributed by atoms with Gasteiger partial charge in [-0.05, 0) is 29.7 Å². The average molecular weight is 345 g/mol. The molecule has 0 N–H and O–H groups in total. The van der Waals surface area contributed by atoms with E-state index >= 15 is 0 Å². The lowest BCUT2D eigenvalue weighted by molar-refractivity contribution is -0.131. The average Bonchev–Trinajstić information content (AvgIpc) is 2.66. The predicted octanol–water partition coefficient (Wildman–Crippen LogP) is 4.37. The lowest BCUT2D eigenvalue weighted by Crippen LogP contribution is -2.41. The fourth-order valence-corrected chi connectivity index (χ4v) is 3.09. The normalized spacial score (nSPS) is 17.7. The number of hydrogen-bond donors (Lipinski definition) is 0. The number of nitrogens with zero attached hydrogens (tertiary/aromatic N) is 1. The summed E-state index contributed by atoms with van der Waals surface area (Å²) in [5, 5.41) is 0. The lowest BCUT2D eigenvalue weighted by Gasteiger charge is -2.30. The highest BCUT2D eigenvalue weighted by Crippen LogP contribution is 2.23. The summed E-state index contributed by atoms with van der Waals surface area (Å²) in [5.74, 6) is 0.121. The van der Waals surface area contributed by atoms with Crippen LogP contribution in [0.5, 0.6) is 0 Å². The Morgan fingerprint density at radius 2 is 1.35 bits per heavy atom. The summed E-state index contributed by atoms with van der Waals surface area (Å²) < 4.78 is 0. The molecule has 0 spiro atoms. The van der Waals surface area contributed by atoms with Crippen LogP contribution in [0.3, 0.4) is 0 Å². The molecule has 0 aliphatic carbocycles. The van der Waals surface area contributed by atoms with Crippen molar-refractivity contribution in [3.8, 4) is 0 Å². The van der Waals surface area contributed by atoms with Crippen LogP contribution < -0.4 is 0 Å². The largest absolute Gasteiger partial charge is 0.334 e. The second-order valence-electron chi connectivity index (χ2n) is 6.49. The van der Waals surface area contributed by atoms with E-state index in [1.54, 1.807) is 4.90 Å². The molecule has 1 heterocycles. The van der Waals surface area contributed by atoms with Crippen LogP contribution in [0.4, 0.5) is 0 Å². The minimum atomic E-state index is 0.0262. The van der Waals surface area contributed by atoms with Crippen molar-refractivity contribution in [2.45, 2.75) is 19.8 Å². The van der Waals surface area contributed by atoms with E-state index in [0.717, 1.165) is 17.5 Å². The summed E-state index contributed by atoms with van der Waals surface area (Å²) in [6, 6.07) is 19.5. The maximum absolute atomic E-state index is 13.0. The number of hydrogen-bond acceptors (Lipinski definition) is 2. The molecule has 2 aromatic carbocycles. The van der Waals surface area contributed by atoms with Gasteiger partial charge in [0.2, 0.25) is 5.91 Å². The summed E-state index contributed by atoms with van der Waals surface area (Å²) in [6.07, 6.45) is 5.10. The van der Waals surface area contributed by atoms with E-state index in [1.807, 2.05) is 79.7 Å². The SMILES string of the molecule is CCCC(=O)N1C/C(=C\c2ccccc2)C(=O)/C(=C/c2ccccc2)C1. The van der Waals surface area contributed by atoms with Gasteiger partial charge in [0.1, 0.15) is 0 Å². The summed E-state index contributed by atoms with van der Waals surface area (Å²) in [7, 11) is 0. The van der Waals surface area contributed by atoms with Crippen molar-refractivity contribution in [3.63, 3.8) is 0 Å². The number of piperidine rings is 1. The molecule has 3 nitrogen and oxygen atoms in total. The molecule has 2 aromatic rings. The second kappa shape index (κ2) is 8.43. The molecular weight excluding hydrogens is 322 g/mol. The van der Waals surface area contributed by atoms with Gasteiger partial charge in [-0.2, -0.15) is 0 Å². The molecular formula is C23H23NO2. The van der Waals surface area contributed by atoms with Crippen molar-refractivity contribution in [2.75, 3.05) is 13.1 Å². The van der Waals surface area contributed by atoms with Gasteiger partial charge in [0, 0.05) is 30.7 Å². The monoisotopic (exact) mass is 345 g/mol. The molecule has 0 saturated carbocycles. The first-order valence-corrected chi connectivity index (χ1v) is 9.01. The molecule has 132 valence electrons. The zero-order valence-electron chi connectivity index (χ0n) is 15.0. The van der Waals surface area contributed by atoms with Crippen LogP contribution in [0.25, 0.3) is 12.2 Å². The second-order valence-corrected chi connectivity index (χ2v) is 6.49. The summed E-state index contributed by atoms with van der Waals surface area (Å²) in [5.41, 5.74) is 3.27. The maximum atomic E-state index is 13.0. The van der Waals surface area contributed by atoms with Gasteiger partial charge in [-0.3, -0.25) is 9.59 Å². The zero-order chi connectivity index (χ0) is 18.4. The highest BCUT2D eigenvalue weighted by molar-refractivity contribution is 6.15. The molecule has 3 heteroatoms. The molecule has 0 atom stereocenters. The van der Waals surface area contributed by atoms with E-state index in [-0.39, 0.29) is 11.7 Å². The molecule has 0 unspecified atom stereocenters. The Bertz CT molecular complexity index is 774. The number of rotatable bonds is 4. The Kier molecular flexibility index (Phi) is 5.80. The topological polar surface area (TPSA) is 37.4 Å². The number of benzene rings is 2. The Balaban J connectivity index is 1.96. The van der Waals surface area contributed by atoms with E-state index in [2.05, 4.69) is 0 Å². The number of likely N-dealkylation sites (tertiary alicyclic amines) is 1. The van der Waals surface area contributed by atoms with E-state index in [1.165, 1.54) is 0 Å². The van der Waals surface area contributed by atoms with Crippen LogP contribution in [0.2, 0.25) is 0 Å². The number of carbonyl (C=O) groups excluding carboxylic acids is 2. The third-order valence-electron chi connectivity index (χ3n) is 4.40. The lowest BCUT2D eigenvalue weighted by atomic mass is 9.94. The Hall–Kier alpha value is -2.94. The van der Waals surface area contributed by atoms with Gasteiger partial charge in [0.15, 0.2) is 5.78 Å². The highest BCUT2D eigenvalue weighted by atomic mass is 16.2. The molecule has 1 saturated heterocycles. The molecule has 0 bridgehead atoms. The number of Topliss-reactive ketones (excluding diaryl/α,β-unsaturated/α-hetero) is 1. The van der Waals surface area contributed by atoms with Crippen LogP contribution in [-0.4, -0.2) is 29.7 Å².